The molecule has 0 aromatic carbocycles. The Balaban J connectivity index is 2.41. The summed E-state index contributed by atoms with van der Waals surface area (Å²) in [5.74, 6) is -3.85. The van der Waals surface area contributed by atoms with E-state index in [0.29, 0.717) is 5.06 Å². The number of amides is 2. The largest absolute Gasteiger partial charge is 0.454 e. The molecule has 0 aliphatic carbocycles. The summed E-state index contributed by atoms with van der Waals surface area (Å²) >= 11 is 0. The van der Waals surface area contributed by atoms with Crippen LogP contribution < -0.4 is 0 Å². The number of hydrogen-bond acceptors (Lipinski definition) is 8. The highest BCUT2D eigenvalue weighted by molar-refractivity contribution is 6.01. The van der Waals surface area contributed by atoms with Gasteiger partial charge in [-0.25, -0.2) is 4.79 Å². The van der Waals surface area contributed by atoms with Crippen LogP contribution in [0.3, 0.4) is 0 Å². The van der Waals surface area contributed by atoms with Gasteiger partial charge in [-0.2, -0.15) is 0 Å². The van der Waals surface area contributed by atoms with E-state index in [1.54, 1.807) is 0 Å². The van der Waals surface area contributed by atoms with Gasteiger partial charge in [0.05, 0.1) is 19.3 Å². The Morgan fingerprint density at radius 2 is 1.52 bits per heavy atom. The van der Waals surface area contributed by atoms with Crippen LogP contribution in [0.1, 0.15) is 46.0 Å². The third-order valence-corrected chi connectivity index (χ3v) is 2.93. The van der Waals surface area contributed by atoms with Crippen LogP contribution in [0.5, 0.6) is 0 Å². The first-order chi connectivity index (χ1) is 10.7. The summed E-state index contributed by atoms with van der Waals surface area (Å²) in [6, 6.07) is 0. The highest BCUT2D eigenvalue weighted by Crippen LogP contribution is 2.13. The molecule has 23 heavy (non-hydrogen) atoms. The third-order valence-electron chi connectivity index (χ3n) is 2.93. The maximum absolute atomic E-state index is 11.6. The van der Waals surface area contributed by atoms with Crippen molar-refractivity contribution >= 4 is 35.3 Å². The third kappa shape index (κ3) is 5.97. The molecule has 9 heteroatoms. The van der Waals surface area contributed by atoms with Gasteiger partial charge in [0.25, 0.3) is 11.8 Å². The van der Waals surface area contributed by atoms with Crippen molar-refractivity contribution in [3.63, 3.8) is 0 Å². The highest BCUT2D eigenvalue weighted by atomic mass is 16.7. The minimum atomic E-state index is -1.18. The van der Waals surface area contributed by atoms with Gasteiger partial charge >= 0.3 is 11.9 Å². The van der Waals surface area contributed by atoms with E-state index >= 15 is 0 Å². The zero-order valence-corrected chi connectivity index (χ0v) is 12.8. The second-order valence-corrected chi connectivity index (χ2v) is 5.04. The molecule has 1 rings (SSSR count). The molecule has 1 fully saturated rings. The molecule has 1 heterocycles. The zero-order valence-electron chi connectivity index (χ0n) is 12.8. The predicted octanol–water partition coefficient (Wildman–Crippen LogP) is -0.146. The van der Waals surface area contributed by atoms with Crippen molar-refractivity contribution in [3.8, 4) is 0 Å². The van der Waals surface area contributed by atoms with Gasteiger partial charge in [-0.15, -0.1) is 5.06 Å². The lowest BCUT2D eigenvalue weighted by Crippen LogP contribution is -2.32. The smallest absolute Gasteiger partial charge is 0.333 e. The molecular weight excluding hydrogens is 310 g/mol. The number of carbonyl (C=O) groups is 6. The Hall–Kier alpha value is -2.58. The van der Waals surface area contributed by atoms with E-state index in [1.807, 2.05) is 0 Å². The fourth-order valence-electron chi connectivity index (χ4n) is 1.76. The van der Waals surface area contributed by atoms with Crippen LogP contribution in [0.25, 0.3) is 0 Å². The molecule has 0 aromatic heterocycles. The Morgan fingerprint density at radius 1 is 1.00 bits per heavy atom. The first-order valence-electron chi connectivity index (χ1n) is 6.96. The van der Waals surface area contributed by atoms with E-state index in [-0.39, 0.29) is 25.0 Å². The molecule has 126 valence electrons. The molecule has 1 saturated heterocycles. The van der Waals surface area contributed by atoms with Crippen LogP contribution in [0.4, 0.5) is 0 Å². The summed E-state index contributed by atoms with van der Waals surface area (Å²) in [6.45, 7) is 2.44. The van der Waals surface area contributed by atoms with Crippen molar-refractivity contribution in [2.24, 2.45) is 0 Å². The van der Waals surface area contributed by atoms with Gasteiger partial charge in [0.2, 0.25) is 0 Å². The molecule has 0 unspecified atom stereocenters. The fourth-order valence-corrected chi connectivity index (χ4v) is 1.76. The summed E-state index contributed by atoms with van der Waals surface area (Å²) in [5, 5.41) is 0.377. The second-order valence-electron chi connectivity index (χ2n) is 5.04. The van der Waals surface area contributed by atoms with Gasteiger partial charge in [-0.1, -0.05) is 0 Å². The minimum Gasteiger partial charge on any atom is -0.454 e. The summed E-state index contributed by atoms with van der Waals surface area (Å²) in [6.07, 6.45) is -2.31. The molecule has 0 radical (unpaired) electrons. The van der Waals surface area contributed by atoms with Crippen LogP contribution in [0.2, 0.25) is 0 Å². The van der Waals surface area contributed by atoms with Gasteiger partial charge in [0, 0.05) is 12.8 Å². The average molecular weight is 327 g/mol. The van der Waals surface area contributed by atoms with Crippen LogP contribution in [0.15, 0.2) is 0 Å². The lowest BCUT2D eigenvalue weighted by molar-refractivity contribution is -0.197. The lowest BCUT2D eigenvalue weighted by atomic mass is 10.1. The van der Waals surface area contributed by atoms with Crippen molar-refractivity contribution in [1.29, 1.82) is 0 Å². The van der Waals surface area contributed by atoms with E-state index in [9.17, 15) is 28.8 Å². The molecular formula is C14H17NO8. The fraction of sp³-hybridized carbons (Fsp3) is 0.571. The van der Waals surface area contributed by atoms with Crippen molar-refractivity contribution < 1.29 is 38.3 Å². The molecule has 0 saturated carbocycles. The number of ether oxygens (including phenoxy) is 1. The maximum atomic E-state index is 11.6. The summed E-state index contributed by atoms with van der Waals surface area (Å²) < 4.78 is 4.82. The number of rotatable bonds is 8. The molecule has 2 amide bonds. The van der Waals surface area contributed by atoms with E-state index in [4.69, 9.17) is 4.74 Å². The zero-order chi connectivity index (χ0) is 17.6. The molecule has 1 aliphatic heterocycles. The molecule has 0 aromatic rings. The molecule has 0 spiro atoms. The predicted molar refractivity (Wildman–Crippen MR) is 72.3 cm³/mol. The average Bonchev–Trinajstić information content (AvgIpc) is 2.75. The number of esters is 1. The topological polar surface area (TPSA) is 124 Å². The van der Waals surface area contributed by atoms with Gasteiger partial charge in [-0.05, 0) is 13.8 Å². The number of imide groups is 1. The first kappa shape index (κ1) is 18.5. The van der Waals surface area contributed by atoms with Gasteiger partial charge in [0.15, 0.2) is 11.9 Å². The number of hydrogen-bond donors (Lipinski definition) is 0. The van der Waals surface area contributed by atoms with E-state index in [1.165, 1.54) is 13.8 Å². The number of Topliss-reactive ketones (excluding diaryl/α,β-unsaturated/α-hetero) is 2. The Labute approximate surface area is 131 Å². The lowest BCUT2D eigenvalue weighted by Gasteiger charge is -2.14. The molecule has 0 N–H and O–H groups in total. The number of nitrogens with zero attached hydrogens (tertiary/aromatic N) is 1. The Bertz CT molecular complexity index is 537. The molecule has 0 bridgehead atoms. The number of hydroxylamine groups is 2. The minimum absolute atomic E-state index is 0.0283. The van der Waals surface area contributed by atoms with Gasteiger partial charge in [-0.3, -0.25) is 24.0 Å². The second kappa shape index (κ2) is 8.16. The Kier molecular flexibility index (Phi) is 6.55. The monoisotopic (exact) mass is 327 g/mol. The quantitative estimate of drug-likeness (QED) is 0.445. The van der Waals surface area contributed by atoms with Crippen LogP contribution in [-0.2, 0) is 38.3 Å². The SMILES string of the molecule is CC(=O)C[C@@H](OC(=O)CCC(=O)ON1C(=O)CCC1=O)C(C)=O. The van der Waals surface area contributed by atoms with Gasteiger partial charge in [0.1, 0.15) is 5.78 Å². The Morgan fingerprint density at radius 3 is 2.00 bits per heavy atom. The van der Waals surface area contributed by atoms with Crippen molar-refractivity contribution in [2.45, 2.75) is 52.1 Å². The molecule has 9 nitrogen and oxygen atoms in total. The standard InChI is InChI=1S/C14H17NO8/c1-8(16)7-10(9(2)17)22-13(20)5-6-14(21)23-15-11(18)3-4-12(15)19/h10H,3-7H2,1-2H3/t10-/m1/s1. The van der Waals surface area contributed by atoms with Crippen molar-refractivity contribution in [3.05, 3.63) is 0 Å². The van der Waals surface area contributed by atoms with Crippen LogP contribution in [-0.4, -0.2) is 46.5 Å². The first-order valence-corrected chi connectivity index (χ1v) is 6.96. The summed E-state index contributed by atoms with van der Waals surface area (Å²) in [7, 11) is 0. The summed E-state index contributed by atoms with van der Waals surface area (Å²) in [5.41, 5.74) is 0. The van der Waals surface area contributed by atoms with Crippen molar-refractivity contribution in [2.75, 3.05) is 0 Å². The maximum Gasteiger partial charge on any atom is 0.333 e. The highest BCUT2D eigenvalue weighted by Gasteiger charge is 2.33. The number of carbonyl (C=O) groups excluding carboxylic acids is 6. The molecule has 1 aliphatic rings. The van der Waals surface area contributed by atoms with Crippen LogP contribution >= 0.6 is 0 Å². The van der Waals surface area contributed by atoms with E-state index in [0.717, 1.165) is 0 Å². The van der Waals surface area contributed by atoms with E-state index < -0.39 is 48.5 Å². The van der Waals surface area contributed by atoms with Gasteiger partial charge < -0.3 is 9.57 Å². The van der Waals surface area contributed by atoms with E-state index in [2.05, 4.69) is 4.84 Å². The summed E-state index contributed by atoms with van der Waals surface area (Å²) in [4.78, 5) is 72.4. The normalized spacial score (nSPS) is 15.3. The molecule has 1 atom stereocenters. The van der Waals surface area contributed by atoms with Crippen molar-refractivity contribution in [1.82, 2.24) is 5.06 Å². The van der Waals surface area contributed by atoms with Crippen LogP contribution in [0, 0.1) is 0 Å². The number of ketones is 2.